The lowest BCUT2D eigenvalue weighted by molar-refractivity contribution is 0.115. The van der Waals surface area contributed by atoms with Crippen molar-refractivity contribution < 1.29 is 8.42 Å². The molecule has 1 aliphatic carbocycles. The van der Waals surface area contributed by atoms with Crippen LogP contribution in [0.15, 0.2) is 0 Å². The first-order valence-corrected chi connectivity index (χ1v) is 9.34. The summed E-state index contributed by atoms with van der Waals surface area (Å²) in [5.41, 5.74) is 0. The molecule has 0 aromatic heterocycles. The van der Waals surface area contributed by atoms with Gasteiger partial charge in [-0.1, -0.05) is 19.3 Å². The Morgan fingerprint density at radius 1 is 0.947 bits per heavy atom. The van der Waals surface area contributed by atoms with Crippen molar-refractivity contribution in [2.75, 3.05) is 19.6 Å². The smallest absolute Gasteiger partial charge is 0.217 e. The number of fused-ring (bicyclic) bond motifs is 1. The van der Waals surface area contributed by atoms with Gasteiger partial charge in [-0.15, -0.1) is 0 Å². The largest absolute Gasteiger partial charge is 0.297 e. The molecule has 2 aliphatic heterocycles. The Labute approximate surface area is 117 Å². The third-order valence-corrected chi connectivity index (χ3v) is 7.66. The summed E-state index contributed by atoms with van der Waals surface area (Å²) in [6.07, 6.45) is 7.53. The summed E-state index contributed by atoms with van der Waals surface area (Å²) in [5.74, 6) is 0. The zero-order valence-corrected chi connectivity index (χ0v) is 12.7. The summed E-state index contributed by atoms with van der Waals surface area (Å²) in [7, 11) is -3.07. The van der Waals surface area contributed by atoms with E-state index >= 15 is 0 Å². The highest BCUT2D eigenvalue weighted by molar-refractivity contribution is 7.89. The first-order chi connectivity index (χ1) is 9.09. The Kier molecular flexibility index (Phi) is 3.89. The van der Waals surface area contributed by atoms with Crippen molar-refractivity contribution in [3.63, 3.8) is 0 Å². The monoisotopic (exact) mass is 286 g/mol. The van der Waals surface area contributed by atoms with Gasteiger partial charge in [0.05, 0.1) is 5.25 Å². The molecule has 0 aromatic rings. The second-order valence-corrected chi connectivity index (χ2v) is 8.68. The second-order valence-electron chi connectivity index (χ2n) is 6.51. The van der Waals surface area contributed by atoms with Crippen LogP contribution in [-0.4, -0.2) is 54.6 Å². The van der Waals surface area contributed by atoms with Crippen molar-refractivity contribution in [1.82, 2.24) is 9.21 Å². The van der Waals surface area contributed by atoms with E-state index in [1.54, 1.807) is 0 Å². The van der Waals surface area contributed by atoms with Gasteiger partial charge in [0.15, 0.2) is 0 Å². The third kappa shape index (κ3) is 2.57. The highest BCUT2D eigenvalue weighted by Crippen LogP contribution is 2.31. The maximum atomic E-state index is 12.8. The lowest BCUT2D eigenvalue weighted by Crippen LogP contribution is -2.58. The van der Waals surface area contributed by atoms with Gasteiger partial charge >= 0.3 is 0 Å². The summed E-state index contributed by atoms with van der Waals surface area (Å²) < 4.78 is 27.5. The second kappa shape index (κ2) is 5.34. The maximum absolute atomic E-state index is 12.8. The third-order valence-electron chi connectivity index (χ3n) is 5.18. The molecular weight excluding hydrogens is 260 g/mol. The Morgan fingerprint density at radius 2 is 1.68 bits per heavy atom. The van der Waals surface area contributed by atoms with Crippen LogP contribution >= 0.6 is 0 Å². The van der Waals surface area contributed by atoms with Gasteiger partial charge in [0, 0.05) is 25.2 Å². The van der Waals surface area contributed by atoms with Gasteiger partial charge in [-0.05, 0) is 39.2 Å². The van der Waals surface area contributed by atoms with E-state index in [1.165, 1.54) is 19.3 Å². The molecule has 0 bridgehead atoms. The molecule has 2 heterocycles. The SMILES string of the molecule is C[C@@H]1CN2CCC[C@@H]2CN1S(=O)(=O)C1CCCCC1. The Hall–Kier alpha value is -0.130. The van der Waals surface area contributed by atoms with E-state index in [0.29, 0.717) is 6.04 Å². The summed E-state index contributed by atoms with van der Waals surface area (Å²) in [6, 6.07) is 0.635. The molecule has 0 N–H and O–H groups in total. The normalized spacial score (nSPS) is 35.4. The van der Waals surface area contributed by atoms with E-state index in [1.807, 2.05) is 4.31 Å². The number of piperazine rings is 1. The summed E-state index contributed by atoms with van der Waals surface area (Å²) in [5, 5.41) is -0.100. The van der Waals surface area contributed by atoms with Crippen molar-refractivity contribution in [2.45, 2.75) is 69.2 Å². The van der Waals surface area contributed by atoms with E-state index in [4.69, 9.17) is 0 Å². The van der Waals surface area contributed by atoms with Gasteiger partial charge in [-0.25, -0.2) is 8.42 Å². The highest BCUT2D eigenvalue weighted by Gasteiger charge is 2.42. The molecule has 110 valence electrons. The fourth-order valence-electron chi connectivity index (χ4n) is 4.07. The summed E-state index contributed by atoms with van der Waals surface area (Å²) in [6.45, 7) is 4.90. The molecule has 0 spiro atoms. The molecule has 4 nitrogen and oxygen atoms in total. The molecule has 0 amide bonds. The summed E-state index contributed by atoms with van der Waals surface area (Å²) >= 11 is 0. The standard InChI is InChI=1S/C14H26N2O2S/c1-12-10-15-9-5-6-13(15)11-16(12)19(17,18)14-7-3-2-4-8-14/h12-14H,2-11H2,1H3/t12-,13-/m1/s1. The minimum atomic E-state index is -3.07. The molecular formula is C14H26N2O2S. The maximum Gasteiger partial charge on any atom is 0.217 e. The molecule has 3 fully saturated rings. The van der Waals surface area contributed by atoms with Crippen molar-refractivity contribution in [3.8, 4) is 0 Å². The first kappa shape index (κ1) is 13.8. The van der Waals surface area contributed by atoms with Gasteiger partial charge in [-0.2, -0.15) is 4.31 Å². The minimum Gasteiger partial charge on any atom is -0.297 e. The number of nitrogens with zero attached hydrogens (tertiary/aromatic N) is 2. The van der Waals surface area contributed by atoms with Crippen LogP contribution in [0, 0.1) is 0 Å². The average molecular weight is 286 g/mol. The molecule has 5 heteroatoms. The lowest BCUT2D eigenvalue weighted by Gasteiger charge is -2.43. The summed E-state index contributed by atoms with van der Waals surface area (Å²) in [4.78, 5) is 2.48. The van der Waals surface area contributed by atoms with Crippen LogP contribution in [-0.2, 0) is 10.0 Å². The van der Waals surface area contributed by atoms with Gasteiger partial charge < -0.3 is 0 Å². The number of rotatable bonds is 2. The fourth-order valence-corrected chi connectivity index (χ4v) is 6.33. The molecule has 1 saturated carbocycles. The molecule has 0 radical (unpaired) electrons. The van der Waals surface area contributed by atoms with E-state index in [0.717, 1.165) is 45.3 Å². The predicted octanol–water partition coefficient (Wildman–Crippen LogP) is 1.82. The molecule has 2 atom stereocenters. The van der Waals surface area contributed by atoms with Crippen molar-refractivity contribution >= 4 is 10.0 Å². The van der Waals surface area contributed by atoms with Gasteiger partial charge in [0.1, 0.15) is 0 Å². The number of sulfonamides is 1. The van der Waals surface area contributed by atoms with E-state index < -0.39 is 10.0 Å². The average Bonchev–Trinajstić information content (AvgIpc) is 2.85. The van der Waals surface area contributed by atoms with Crippen LogP contribution in [0.4, 0.5) is 0 Å². The Bertz CT molecular complexity index is 417. The van der Waals surface area contributed by atoms with E-state index in [-0.39, 0.29) is 11.3 Å². The zero-order chi connectivity index (χ0) is 13.5. The van der Waals surface area contributed by atoms with Crippen LogP contribution in [0.5, 0.6) is 0 Å². The van der Waals surface area contributed by atoms with Crippen LogP contribution in [0.3, 0.4) is 0 Å². The van der Waals surface area contributed by atoms with E-state index in [9.17, 15) is 8.42 Å². The van der Waals surface area contributed by atoms with Crippen molar-refractivity contribution in [2.24, 2.45) is 0 Å². The Morgan fingerprint density at radius 3 is 2.42 bits per heavy atom. The molecule has 3 rings (SSSR count). The van der Waals surface area contributed by atoms with Gasteiger partial charge in [0.25, 0.3) is 0 Å². The fraction of sp³-hybridized carbons (Fsp3) is 1.00. The predicted molar refractivity (Wildman–Crippen MR) is 76.6 cm³/mol. The number of hydrogen-bond donors (Lipinski definition) is 0. The number of hydrogen-bond acceptors (Lipinski definition) is 3. The van der Waals surface area contributed by atoms with Gasteiger partial charge in [-0.3, -0.25) is 4.90 Å². The van der Waals surface area contributed by atoms with Crippen LogP contribution < -0.4 is 0 Å². The highest BCUT2D eigenvalue weighted by atomic mass is 32.2. The van der Waals surface area contributed by atoms with Crippen LogP contribution in [0.2, 0.25) is 0 Å². The van der Waals surface area contributed by atoms with Crippen LogP contribution in [0.25, 0.3) is 0 Å². The molecule has 19 heavy (non-hydrogen) atoms. The minimum absolute atomic E-state index is 0.100. The topological polar surface area (TPSA) is 40.6 Å². The first-order valence-electron chi connectivity index (χ1n) is 7.84. The van der Waals surface area contributed by atoms with Crippen molar-refractivity contribution in [3.05, 3.63) is 0 Å². The van der Waals surface area contributed by atoms with Crippen molar-refractivity contribution in [1.29, 1.82) is 0 Å². The Balaban J connectivity index is 1.76. The van der Waals surface area contributed by atoms with E-state index in [2.05, 4.69) is 11.8 Å². The molecule has 0 unspecified atom stereocenters. The zero-order valence-electron chi connectivity index (χ0n) is 11.9. The quantitative estimate of drug-likeness (QED) is 0.777. The lowest BCUT2D eigenvalue weighted by atomic mass is 10.0. The molecule has 3 aliphatic rings. The van der Waals surface area contributed by atoms with Gasteiger partial charge in [0.2, 0.25) is 10.0 Å². The molecule has 2 saturated heterocycles. The molecule has 0 aromatic carbocycles. The van der Waals surface area contributed by atoms with Crippen LogP contribution in [0.1, 0.15) is 51.9 Å².